The van der Waals surface area contributed by atoms with Gasteiger partial charge in [-0.1, -0.05) is 18.5 Å². The minimum absolute atomic E-state index is 0.345. The van der Waals surface area contributed by atoms with Gasteiger partial charge in [-0.15, -0.1) is 0 Å². The van der Waals surface area contributed by atoms with Gasteiger partial charge in [0.1, 0.15) is 5.75 Å². The SMILES string of the molecule is CCCNCc1cc(Cl)cc(C)c1O. The molecule has 78 valence electrons. The van der Waals surface area contributed by atoms with E-state index in [-0.39, 0.29) is 0 Å². The average molecular weight is 214 g/mol. The van der Waals surface area contributed by atoms with Crippen molar-refractivity contribution in [3.05, 3.63) is 28.3 Å². The Hall–Kier alpha value is -0.730. The molecule has 0 bridgehead atoms. The van der Waals surface area contributed by atoms with Crippen LogP contribution < -0.4 is 5.32 Å². The fourth-order valence-corrected chi connectivity index (χ4v) is 1.63. The number of benzene rings is 1. The summed E-state index contributed by atoms with van der Waals surface area (Å²) in [4.78, 5) is 0. The first-order chi connectivity index (χ1) is 6.65. The molecule has 0 saturated heterocycles. The van der Waals surface area contributed by atoms with Crippen molar-refractivity contribution in [2.75, 3.05) is 6.54 Å². The van der Waals surface area contributed by atoms with E-state index in [2.05, 4.69) is 12.2 Å². The molecule has 1 rings (SSSR count). The predicted molar refractivity (Wildman–Crippen MR) is 59.9 cm³/mol. The lowest BCUT2D eigenvalue weighted by molar-refractivity contribution is 0.460. The van der Waals surface area contributed by atoms with Gasteiger partial charge in [-0.05, 0) is 37.6 Å². The van der Waals surface area contributed by atoms with Gasteiger partial charge in [0.05, 0.1) is 0 Å². The zero-order valence-corrected chi connectivity index (χ0v) is 9.36. The molecule has 0 aliphatic rings. The average Bonchev–Trinajstić information content (AvgIpc) is 2.13. The lowest BCUT2D eigenvalue weighted by Gasteiger charge is -2.08. The van der Waals surface area contributed by atoms with Crippen molar-refractivity contribution in [1.82, 2.24) is 5.32 Å². The maximum atomic E-state index is 9.72. The number of hydrogen-bond donors (Lipinski definition) is 2. The summed E-state index contributed by atoms with van der Waals surface area (Å²) in [5.41, 5.74) is 1.69. The van der Waals surface area contributed by atoms with Gasteiger partial charge < -0.3 is 10.4 Å². The third-order valence-electron chi connectivity index (χ3n) is 2.09. The Balaban J connectivity index is 2.75. The van der Waals surface area contributed by atoms with Crippen LogP contribution in [0, 0.1) is 6.92 Å². The van der Waals surface area contributed by atoms with Crippen LogP contribution in [0.3, 0.4) is 0 Å². The molecule has 2 nitrogen and oxygen atoms in total. The van der Waals surface area contributed by atoms with Crippen LogP contribution >= 0.6 is 11.6 Å². The Morgan fingerprint density at radius 2 is 2.14 bits per heavy atom. The first-order valence-electron chi connectivity index (χ1n) is 4.84. The molecule has 0 radical (unpaired) electrons. The molecule has 0 aromatic heterocycles. The van der Waals surface area contributed by atoms with Crippen molar-refractivity contribution in [2.45, 2.75) is 26.8 Å². The Morgan fingerprint density at radius 1 is 1.43 bits per heavy atom. The quantitative estimate of drug-likeness (QED) is 0.754. The third-order valence-corrected chi connectivity index (χ3v) is 2.30. The van der Waals surface area contributed by atoms with E-state index < -0.39 is 0 Å². The molecule has 1 aromatic carbocycles. The molecule has 0 unspecified atom stereocenters. The lowest BCUT2D eigenvalue weighted by atomic mass is 10.1. The highest BCUT2D eigenvalue weighted by Crippen LogP contribution is 2.26. The number of aromatic hydroxyl groups is 1. The van der Waals surface area contributed by atoms with Crippen LogP contribution in [-0.2, 0) is 6.54 Å². The number of nitrogens with one attached hydrogen (secondary N) is 1. The molecule has 0 amide bonds. The van der Waals surface area contributed by atoms with Crippen LogP contribution in [0.4, 0.5) is 0 Å². The van der Waals surface area contributed by atoms with Crippen LogP contribution in [0.25, 0.3) is 0 Å². The molecule has 0 fully saturated rings. The number of aryl methyl sites for hydroxylation is 1. The number of hydrogen-bond acceptors (Lipinski definition) is 2. The van der Waals surface area contributed by atoms with E-state index in [0.717, 1.165) is 24.1 Å². The summed E-state index contributed by atoms with van der Waals surface area (Å²) < 4.78 is 0. The van der Waals surface area contributed by atoms with Crippen LogP contribution in [0.5, 0.6) is 5.75 Å². The van der Waals surface area contributed by atoms with Crippen molar-refractivity contribution < 1.29 is 5.11 Å². The third kappa shape index (κ3) is 2.89. The number of phenolic OH excluding ortho intramolecular Hbond substituents is 1. The Bertz CT molecular complexity index is 312. The monoisotopic (exact) mass is 213 g/mol. The normalized spacial score (nSPS) is 10.5. The first kappa shape index (κ1) is 11.3. The standard InChI is InChI=1S/C11H16ClNO/c1-3-4-13-7-9-6-10(12)5-8(2)11(9)14/h5-6,13-14H,3-4,7H2,1-2H3. The van der Waals surface area contributed by atoms with Crippen molar-refractivity contribution >= 4 is 11.6 Å². The fraction of sp³-hybridized carbons (Fsp3) is 0.455. The Labute approximate surface area is 89.9 Å². The van der Waals surface area contributed by atoms with Gasteiger partial charge in [0, 0.05) is 17.1 Å². The molecule has 0 atom stereocenters. The summed E-state index contributed by atoms with van der Waals surface area (Å²) in [6.07, 6.45) is 1.08. The van der Waals surface area contributed by atoms with E-state index >= 15 is 0 Å². The van der Waals surface area contributed by atoms with Gasteiger partial charge in [-0.25, -0.2) is 0 Å². The number of rotatable bonds is 4. The predicted octanol–water partition coefficient (Wildman–Crippen LogP) is 2.85. The van der Waals surface area contributed by atoms with Crippen LogP contribution in [-0.4, -0.2) is 11.7 Å². The van der Waals surface area contributed by atoms with Gasteiger partial charge in [-0.2, -0.15) is 0 Å². The van der Waals surface area contributed by atoms with Crippen molar-refractivity contribution in [3.8, 4) is 5.75 Å². The molecule has 14 heavy (non-hydrogen) atoms. The molecular formula is C11H16ClNO. The van der Waals surface area contributed by atoms with Crippen LogP contribution in [0.2, 0.25) is 5.02 Å². The van der Waals surface area contributed by atoms with E-state index in [4.69, 9.17) is 11.6 Å². The summed E-state index contributed by atoms with van der Waals surface area (Å²) in [6.45, 7) is 5.58. The largest absolute Gasteiger partial charge is 0.507 e. The highest BCUT2D eigenvalue weighted by Gasteiger charge is 2.05. The van der Waals surface area contributed by atoms with E-state index in [0.29, 0.717) is 17.3 Å². The highest BCUT2D eigenvalue weighted by atomic mass is 35.5. The molecule has 0 aliphatic heterocycles. The topological polar surface area (TPSA) is 32.3 Å². The summed E-state index contributed by atoms with van der Waals surface area (Å²) in [5.74, 6) is 0.345. The van der Waals surface area contributed by atoms with Gasteiger partial charge in [-0.3, -0.25) is 0 Å². The molecule has 0 spiro atoms. The second-order valence-electron chi connectivity index (χ2n) is 3.41. The smallest absolute Gasteiger partial charge is 0.123 e. The van der Waals surface area contributed by atoms with Gasteiger partial charge in [0.25, 0.3) is 0 Å². The Morgan fingerprint density at radius 3 is 2.79 bits per heavy atom. The zero-order chi connectivity index (χ0) is 10.6. The maximum absolute atomic E-state index is 9.72. The summed E-state index contributed by atoms with van der Waals surface area (Å²) in [7, 11) is 0. The molecule has 1 aromatic rings. The lowest BCUT2D eigenvalue weighted by Crippen LogP contribution is -2.14. The van der Waals surface area contributed by atoms with E-state index in [1.165, 1.54) is 0 Å². The van der Waals surface area contributed by atoms with Crippen molar-refractivity contribution in [2.24, 2.45) is 0 Å². The van der Waals surface area contributed by atoms with Crippen LogP contribution in [0.15, 0.2) is 12.1 Å². The molecular weight excluding hydrogens is 198 g/mol. The summed E-state index contributed by atoms with van der Waals surface area (Å²) in [5, 5.41) is 13.6. The Kier molecular flexibility index (Phi) is 4.23. The summed E-state index contributed by atoms with van der Waals surface area (Å²) in [6, 6.07) is 3.56. The molecule has 0 aliphatic carbocycles. The number of phenols is 1. The fourth-order valence-electron chi connectivity index (χ4n) is 1.34. The maximum Gasteiger partial charge on any atom is 0.123 e. The molecule has 2 N–H and O–H groups in total. The number of halogens is 1. The van der Waals surface area contributed by atoms with Gasteiger partial charge in [0.2, 0.25) is 0 Å². The second-order valence-corrected chi connectivity index (χ2v) is 3.84. The van der Waals surface area contributed by atoms with Gasteiger partial charge in [0.15, 0.2) is 0 Å². The van der Waals surface area contributed by atoms with Crippen molar-refractivity contribution in [1.29, 1.82) is 0 Å². The molecule has 0 saturated carbocycles. The highest BCUT2D eigenvalue weighted by molar-refractivity contribution is 6.30. The minimum atomic E-state index is 0.345. The molecule has 3 heteroatoms. The second kappa shape index (κ2) is 5.23. The van der Waals surface area contributed by atoms with E-state index in [1.807, 2.05) is 6.92 Å². The first-order valence-corrected chi connectivity index (χ1v) is 5.21. The minimum Gasteiger partial charge on any atom is -0.507 e. The zero-order valence-electron chi connectivity index (χ0n) is 8.60. The van der Waals surface area contributed by atoms with E-state index in [9.17, 15) is 5.11 Å². The molecule has 0 heterocycles. The van der Waals surface area contributed by atoms with Gasteiger partial charge >= 0.3 is 0 Å². The van der Waals surface area contributed by atoms with E-state index in [1.54, 1.807) is 12.1 Å². The summed E-state index contributed by atoms with van der Waals surface area (Å²) >= 11 is 5.90. The van der Waals surface area contributed by atoms with Crippen molar-refractivity contribution in [3.63, 3.8) is 0 Å². The van der Waals surface area contributed by atoms with Crippen LogP contribution in [0.1, 0.15) is 24.5 Å².